The predicted molar refractivity (Wildman–Crippen MR) is 71.9 cm³/mol. The highest BCUT2D eigenvalue weighted by atomic mass is 32.2. The van der Waals surface area contributed by atoms with Gasteiger partial charge in [-0.2, -0.15) is 4.31 Å². The number of primary amides is 1. The molecule has 0 radical (unpaired) electrons. The first-order chi connectivity index (χ1) is 8.91. The van der Waals surface area contributed by atoms with Gasteiger partial charge in [-0.05, 0) is 31.9 Å². The molecule has 2 rings (SSSR count). The summed E-state index contributed by atoms with van der Waals surface area (Å²) in [6.45, 7) is 2.53. The fraction of sp³-hybridized carbons (Fsp3) is 0.462. The third kappa shape index (κ3) is 2.96. The predicted octanol–water partition coefficient (Wildman–Crippen LogP) is 0.881. The summed E-state index contributed by atoms with van der Waals surface area (Å²) in [5.74, 6) is -0.808. The van der Waals surface area contributed by atoms with Crippen molar-refractivity contribution in [3.63, 3.8) is 0 Å². The number of amides is 1. The van der Waals surface area contributed by atoms with Crippen molar-refractivity contribution in [2.45, 2.75) is 24.7 Å². The fourth-order valence-corrected chi connectivity index (χ4v) is 3.78. The SMILES string of the molecule is Cc1ccc(S(=O)(=O)N2CCCC(C(N)=O)C2)cc1. The van der Waals surface area contributed by atoms with Crippen LogP contribution in [0.4, 0.5) is 0 Å². The molecule has 1 fully saturated rings. The standard InChI is InChI=1S/C13H18N2O3S/c1-10-4-6-12(7-5-10)19(17,18)15-8-2-3-11(9-15)13(14)16/h4-7,11H,2-3,8-9H2,1H3,(H2,14,16). The number of aryl methyl sites for hydroxylation is 1. The van der Waals surface area contributed by atoms with Gasteiger partial charge in [-0.15, -0.1) is 0 Å². The average molecular weight is 282 g/mol. The lowest BCUT2D eigenvalue weighted by Crippen LogP contribution is -2.44. The van der Waals surface area contributed by atoms with E-state index < -0.39 is 15.9 Å². The van der Waals surface area contributed by atoms with Gasteiger partial charge in [0.15, 0.2) is 0 Å². The van der Waals surface area contributed by atoms with Gasteiger partial charge < -0.3 is 5.73 Å². The molecule has 5 nitrogen and oxygen atoms in total. The largest absolute Gasteiger partial charge is 0.369 e. The van der Waals surface area contributed by atoms with Gasteiger partial charge in [0.2, 0.25) is 15.9 Å². The first-order valence-corrected chi connectivity index (χ1v) is 7.71. The third-order valence-corrected chi connectivity index (χ3v) is 5.32. The van der Waals surface area contributed by atoms with E-state index in [4.69, 9.17) is 5.73 Å². The van der Waals surface area contributed by atoms with Crippen LogP contribution in [0.25, 0.3) is 0 Å². The van der Waals surface area contributed by atoms with Crippen LogP contribution in [0.1, 0.15) is 18.4 Å². The number of rotatable bonds is 3. The zero-order chi connectivity index (χ0) is 14.0. The number of carbonyl (C=O) groups excluding carboxylic acids is 1. The lowest BCUT2D eigenvalue weighted by atomic mass is 9.99. The third-order valence-electron chi connectivity index (χ3n) is 3.45. The van der Waals surface area contributed by atoms with Gasteiger partial charge in [-0.1, -0.05) is 17.7 Å². The molecular weight excluding hydrogens is 264 g/mol. The second kappa shape index (κ2) is 5.30. The number of hydrogen-bond acceptors (Lipinski definition) is 3. The Kier molecular flexibility index (Phi) is 3.91. The highest BCUT2D eigenvalue weighted by Gasteiger charge is 2.32. The van der Waals surface area contributed by atoms with Gasteiger partial charge in [0.1, 0.15) is 0 Å². The summed E-state index contributed by atoms with van der Waals surface area (Å²) in [6, 6.07) is 6.72. The molecule has 1 aromatic rings. The first kappa shape index (κ1) is 14.0. The van der Waals surface area contributed by atoms with Gasteiger partial charge in [-0.3, -0.25) is 4.79 Å². The summed E-state index contributed by atoms with van der Waals surface area (Å²) in [7, 11) is -3.52. The Balaban J connectivity index is 2.24. The summed E-state index contributed by atoms with van der Waals surface area (Å²) in [5.41, 5.74) is 6.28. The van der Waals surface area contributed by atoms with Crippen LogP contribution in [0.15, 0.2) is 29.2 Å². The molecule has 1 aliphatic rings. The summed E-state index contributed by atoms with van der Waals surface area (Å²) >= 11 is 0. The second-order valence-corrected chi connectivity index (χ2v) is 6.86. The van der Waals surface area contributed by atoms with Crippen LogP contribution in [-0.2, 0) is 14.8 Å². The van der Waals surface area contributed by atoms with Crippen LogP contribution in [-0.4, -0.2) is 31.7 Å². The quantitative estimate of drug-likeness (QED) is 0.893. The highest BCUT2D eigenvalue weighted by molar-refractivity contribution is 7.89. The molecule has 1 amide bonds. The van der Waals surface area contributed by atoms with Crippen molar-refractivity contribution in [3.8, 4) is 0 Å². The van der Waals surface area contributed by atoms with Gasteiger partial charge in [0.05, 0.1) is 10.8 Å². The first-order valence-electron chi connectivity index (χ1n) is 6.27. The number of hydrogen-bond donors (Lipinski definition) is 1. The Morgan fingerprint density at radius 1 is 1.32 bits per heavy atom. The van der Waals surface area contributed by atoms with Crippen molar-refractivity contribution in [1.82, 2.24) is 4.31 Å². The average Bonchev–Trinajstić information content (AvgIpc) is 2.39. The van der Waals surface area contributed by atoms with Crippen molar-refractivity contribution in [1.29, 1.82) is 0 Å². The lowest BCUT2D eigenvalue weighted by molar-refractivity contribution is -0.122. The van der Waals surface area contributed by atoms with E-state index >= 15 is 0 Å². The maximum Gasteiger partial charge on any atom is 0.243 e. The molecule has 0 aliphatic carbocycles. The van der Waals surface area contributed by atoms with Crippen LogP contribution in [0, 0.1) is 12.8 Å². The molecule has 1 saturated heterocycles. The smallest absolute Gasteiger partial charge is 0.243 e. The van der Waals surface area contributed by atoms with Crippen LogP contribution < -0.4 is 5.73 Å². The molecule has 1 atom stereocenters. The van der Waals surface area contributed by atoms with Crippen molar-refractivity contribution in [3.05, 3.63) is 29.8 Å². The summed E-state index contributed by atoms with van der Waals surface area (Å²) < 4.78 is 26.2. The van der Waals surface area contributed by atoms with Gasteiger partial charge in [0.25, 0.3) is 0 Å². The monoisotopic (exact) mass is 282 g/mol. The topological polar surface area (TPSA) is 80.5 Å². The van der Waals surface area contributed by atoms with Crippen molar-refractivity contribution < 1.29 is 13.2 Å². The van der Waals surface area contributed by atoms with Crippen molar-refractivity contribution >= 4 is 15.9 Å². The number of nitrogens with zero attached hydrogens (tertiary/aromatic N) is 1. The minimum absolute atomic E-state index is 0.186. The number of benzene rings is 1. The fourth-order valence-electron chi connectivity index (χ4n) is 2.25. The number of sulfonamides is 1. The molecule has 2 N–H and O–H groups in total. The number of piperidine rings is 1. The van der Waals surface area contributed by atoms with E-state index in [0.29, 0.717) is 19.4 Å². The Labute approximate surface area is 113 Å². The number of carbonyl (C=O) groups is 1. The molecule has 0 aromatic heterocycles. The zero-order valence-electron chi connectivity index (χ0n) is 10.9. The minimum atomic E-state index is -3.52. The van der Waals surface area contributed by atoms with E-state index in [0.717, 1.165) is 5.56 Å². The van der Waals surface area contributed by atoms with Crippen LogP contribution in [0.3, 0.4) is 0 Å². The molecule has 6 heteroatoms. The second-order valence-electron chi connectivity index (χ2n) is 4.92. The van der Waals surface area contributed by atoms with Gasteiger partial charge in [0, 0.05) is 13.1 Å². The molecule has 0 spiro atoms. The number of nitrogens with two attached hydrogens (primary N) is 1. The lowest BCUT2D eigenvalue weighted by Gasteiger charge is -2.30. The maximum absolute atomic E-state index is 12.4. The van der Waals surface area contributed by atoms with Crippen LogP contribution in [0.2, 0.25) is 0 Å². The summed E-state index contributed by atoms with van der Waals surface area (Å²) in [6.07, 6.45) is 1.33. The minimum Gasteiger partial charge on any atom is -0.369 e. The zero-order valence-corrected chi connectivity index (χ0v) is 11.7. The van der Waals surface area contributed by atoms with Crippen LogP contribution >= 0.6 is 0 Å². The Hall–Kier alpha value is -1.40. The van der Waals surface area contributed by atoms with E-state index in [1.54, 1.807) is 24.3 Å². The molecule has 1 aliphatic heterocycles. The van der Waals surface area contributed by atoms with Crippen molar-refractivity contribution in [2.24, 2.45) is 11.7 Å². The normalized spacial score (nSPS) is 21.2. The molecule has 19 heavy (non-hydrogen) atoms. The van der Waals surface area contributed by atoms with E-state index in [9.17, 15) is 13.2 Å². The van der Waals surface area contributed by atoms with Gasteiger partial charge in [-0.25, -0.2) is 8.42 Å². The molecule has 1 heterocycles. The molecule has 0 bridgehead atoms. The van der Waals surface area contributed by atoms with E-state index in [1.807, 2.05) is 6.92 Å². The van der Waals surface area contributed by atoms with E-state index in [-0.39, 0.29) is 17.4 Å². The molecule has 104 valence electrons. The molecular formula is C13H18N2O3S. The molecule has 1 aromatic carbocycles. The molecule has 1 unspecified atom stereocenters. The molecule has 0 saturated carbocycles. The van der Waals surface area contributed by atoms with Crippen LogP contribution in [0.5, 0.6) is 0 Å². The summed E-state index contributed by atoms with van der Waals surface area (Å²) in [4.78, 5) is 11.5. The van der Waals surface area contributed by atoms with E-state index in [2.05, 4.69) is 0 Å². The Morgan fingerprint density at radius 2 is 1.95 bits per heavy atom. The highest BCUT2D eigenvalue weighted by Crippen LogP contribution is 2.23. The van der Waals surface area contributed by atoms with Crippen molar-refractivity contribution in [2.75, 3.05) is 13.1 Å². The van der Waals surface area contributed by atoms with Gasteiger partial charge >= 0.3 is 0 Å². The Bertz CT molecular complexity index is 566. The Morgan fingerprint density at radius 3 is 2.53 bits per heavy atom. The maximum atomic E-state index is 12.4. The summed E-state index contributed by atoms with van der Waals surface area (Å²) in [5, 5.41) is 0. The van der Waals surface area contributed by atoms with E-state index in [1.165, 1.54) is 4.31 Å².